The number of ether oxygens (including phenoxy) is 1. The van der Waals surface area contributed by atoms with Gasteiger partial charge in [0.25, 0.3) is 0 Å². The van der Waals surface area contributed by atoms with Crippen molar-refractivity contribution in [1.82, 2.24) is 10.3 Å². The maximum atomic E-state index is 11.8. The van der Waals surface area contributed by atoms with Gasteiger partial charge in [0.15, 0.2) is 0 Å². The van der Waals surface area contributed by atoms with Crippen molar-refractivity contribution in [2.75, 3.05) is 18.4 Å². The molecule has 2 aromatic rings. The summed E-state index contributed by atoms with van der Waals surface area (Å²) in [5.74, 6) is 2.41. The topological polar surface area (TPSA) is 63.2 Å². The fourth-order valence-corrected chi connectivity index (χ4v) is 3.38. The minimum Gasteiger partial charge on any atom is -0.457 e. The molecule has 1 aromatic heterocycles. The first kappa shape index (κ1) is 17.0. The molecule has 136 valence electrons. The van der Waals surface area contributed by atoms with Crippen molar-refractivity contribution in [3.05, 3.63) is 47.8 Å². The molecule has 1 aliphatic heterocycles. The largest absolute Gasteiger partial charge is 0.457 e. The third-order valence-electron chi connectivity index (χ3n) is 5.01. The predicted octanol–water partition coefficient (Wildman–Crippen LogP) is 4.00. The number of hydrogen-bond donors (Lipinski definition) is 2. The molecule has 1 saturated carbocycles. The number of nitrogens with one attached hydrogen (secondary N) is 2. The summed E-state index contributed by atoms with van der Waals surface area (Å²) >= 11 is 0. The second-order valence-corrected chi connectivity index (χ2v) is 7.28. The molecular weight excluding hydrogens is 326 g/mol. The number of nitrogens with zero attached hydrogens (tertiary/aromatic N) is 1. The van der Waals surface area contributed by atoms with Crippen molar-refractivity contribution >= 4 is 11.6 Å². The van der Waals surface area contributed by atoms with Crippen molar-refractivity contribution in [3.63, 3.8) is 0 Å². The number of amides is 1. The Balaban J connectivity index is 1.44. The molecule has 0 bridgehead atoms. The van der Waals surface area contributed by atoms with Crippen LogP contribution < -0.4 is 15.4 Å². The number of carbonyl (C=O) groups excluding carboxylic acids is 1. The van der Waals surface area contributed by atoms with Crippen LogP contribution in [-0.4, -0.2) is 24.0 Å². The van der Waals surface area contributed by atoms with Crippen molar-refractivity contribution in [1.29, 1.82) is 0 Å². The Morgan fingerprint density at radius 2 is 1.81 bits per heavy atom. The van der Waals surface area contributed by atoms with E-state index in [1.165, 1.54) is 0 Å². The van der Waals surface area contributed by atoms with E-state index < -0.39 is 0 Å². The van der Waals surface area contributed by atoms with Crippen LogP contribution in [0.5, 0.6) is 11.5 Å². The number of anilines is 1. The Labute approximate surface area is 154 Å². The highest BCUT2D eigenvalue weighted by Crippen LogP contribution is 2.31. The fraction of sp³-hybridized carbons (Fsp3) is 0.429. The summed E-state index contributed by atoms with van der Waals surface area (Å²) in [6.45, 7) is 4.10. The van der Waals surface area contributed by atoms with Gasteiger partial charge in [-0.3, -0.25) is 9.78 Å². The normalized spacial score (nSPS) is 17.7. The van der Waals surface area contributed by atoms with Gasteiger partial charge in [-0.05, 0) is 70.0 Å². The molecular formula is C21H25N3O2. The zero-order chi connectivity index (χ0) is 17.9. The highest BCUT2D eigenvalue weighted by Gasteiger charge is 2.29. The summed E-state index contributed by atoms with van der Waals surface area (Å²) in [6.07, 6.45) is 4.25. The lowest BCUT2D eigenvalue weighted by molar-refractivity contribution is -0.117. The van der Waals surface area contributed by atoms with E-state index in [2.05, 4.69) is 16.7 Å². The molecule has 2 heterocycles. The first-order chi connectivity index (χ1) is 12.7. The van der Waals surface area contributed by atoms with Crippen LogP contribution in [0.2, 0.25) is 0 Å². The van der Waals surface area contributed by atoms with Crippen LogP contribution in [0.15, 0.2) is 36.4 Å². The van der Waals surface area contributed by atoms with Gasteiger partial charge in [0.1, 0.15) is 11.5 Å². The Morgan fingerprint density at radius 1 is 1.08 bits per heavy atom. The molecule has 0 atom stereocenters. The van der Waals surface area contributed by atoms with Crippen LogP contribution in [0.1, 0.15) is 43.0 Å². The summed E-state index contributed by atoms with van der Waals surface area (Å²) < 4.78 is 6.04. The minimum absolute atomic E-state index is 0.120. The number of aryl methyl sites for hydroxylation is 1. The van der Waals surface area contributed by atoms with E-state index in [1.807, 2.05) is 37.3 Å². The van der Waals surface area contributed by atoms with Crippen molar-refractivity contribution in [2.24, 2.45) is 5.92 Å². The van der Waals surface area contributed by atoms with Crippen molar-refractivity contribution < 1.29 is 9.53 Å². The zero-order valence-corrected chi connectivity index (χ0v) is 15.1. The number of benzene rings is 1. The number of hydrogen-bond acceptors (Lipinski definition) is 4. The Bertz CT molecular complexity index is 778. The fourth-order valence-electron chi connectivity index (χ4n) is 3.38. The SMILES string of the molecule is Cc1cc(Oc2ccc(NC(=O)C3CC3)cc2)cc(C2CCNCC2)n1. The number of aromatic nitrogens is 1. The maximum Gasteiger partial charge on any atom is 0.227 e. The van der Waals surface area contributed by atoms with Crippen LogP contribution in [0.3, 0.4) is 0 Å². The molecule has 1 aliphatic carbocycles. The lowest BCUT2D eigenvalue weighted by atomic mass is 9.94. The maximum absolute atomic E-state index is 11.8. The van der Waals surface area contributed by atoms with Crippen LogP contribution in [0.25, 0.3) is 0 Å². The molecule has 5 nitrogen and oxygen atoms in total. The molecule has 0 unspecified atom stereocenters. The van der Waals surface area contributed by atoms with E-state index in [0.717, 1.165) is 67.3 Å². The molecule has 1 aromatic carbocycles. The molecule has 5 heteroatoms. The van der Waals surface area contributed by atoms with Gasteiger partial charge >= 0.3 is 0 Å². The van der Waals surface area contributed by atoms with Crippen LogP contribution in [-0.2, 0) is 4.79 Å². The molecule has 2 fully saturated rings. The van der Waals surface area contributed by atoms with Gasteiger partial charge in [0, 0.05) is 41.0 Å². The molecule has 0 radical (unpaired) electrons. The average Bonchev–Trinajstić information content (AvgIpc) is 3.49. The van der Waals surface area contributed by atoms with Gasteiger partial charge in [0.05, 0.1) is 0 Å². The van der Waals surface area contributed by atoms with E-state index >= 15 is 0 Å². The first-order valence-corrected chi connectivity index (χ1v) is 9.45. The summed E-state index contributed by atoms with van der Waals surface area (Å²) in [4.78, 5) is 16.5. The molecule has 2 aliphatic rings. The summed E-state index contributed by atoms with van der Waals surface area (Å²) in [7, 11) is 0. The monoisotopic (exact) mass is 351 g/mol. The number of pyridine rings is 1. The molecule has 4 rings (SSSR count). The quantitative estimate of drug-likeness (QED) is 0.855. The number of piperidine rings is 1. The van der Waals surface area contributed by atoms with Gasteiger partial charge < -0.3 is 15.4 Å². The van der Waals surface area contributed by atoms with Crippen LogP contribution >= 0.6 is 0 Å². The lowest BCUT2D eigenvalue weighted by Crippen LogP contribution is -2.27. The highest BCUT2D eigenvalue weighted by atomic mass is 16.5. The second-order valence-electron chi connectivity index (χ2n) is 7.28. The summed E-state index contributed by atoms with van der Waals surface area (Å²) in [5, 5.41) is 6.34. The Hall–Kier alpha value is -2.40. The zero-order valence-electron chi connectivity index (χ0n) is 15.1. The standard InChI is InChI=1S/C21H25N3O2/c1-14-12-19(13-20(23-14)15-8-10-22-11-9-15)26-18-6-4-17(5-7-18)24-21(25)16-2-3-16/h4-7,12-13,15-16,22H,2-3,8-11H2,1H3,(H,24,25). The van der Waals surface area contributed by atoms with Crippen LogP contribution in [0.4, 0.5) is 5.69 Å². The molecule has 0 spiro atoms. The van der Waals surface area contributed by atoms with E-state index in [1.54, 1.807) is 0 Å². The van der Waals surface area contributed by atoms with Gasteiger partial charge in [-0.2, -0.15) is 0 Å². The third-order valence-corrected chi connectivity index (χ3v) is 5.01. The smallest absolute Gasteiger partial charge is 0.227 e. The molecule has 2 N–H and O–H groups in total. The van der Waals surface area contributed by atoms with E-state index in [-0.39, 0.29) is 11.8 Å². The third kappa shape index (κ3) is 4.22. The number of carbonyl (C=O) groups is 1. The molecule has 1 saturated heterocycles. The Morgan fingerprint density at radius 3 is 2.50 bits per heavy atom. The molecule has 26 heavy (non-hydrogen) atoms. The minimum atomic E-state index is 0.120. The van der Waals surface area contributed by atoms with E-state index in [4.69, 9.17) is 9.72 Å². The second kappa shape index (κ2) is 7.46. The predicted molar refractivity (Wildman–Crippen MR) is 102 cm³/mol. The Kier molecular flexibility index (Phi) is 4.89. The lowest BCUT2D eigenvalue weighted by Gasteiger charge is -2.22. The average molecular weight is 351 g/mol. The number of rotatable bonds is 5. The van der Waals surface area contributed by atoms with Crippen LogP contribution in [0, 0.1) is 12.8 Å². The first-order valence-electron chi connectivity index (χ1n) is 9.45. The summed E-state index contributed by atoms with van der Waals surface area (Å²) in [6, 6.07) is 11.6. The van der Waals surface area contributed by atoms with Crippen molar-refractivity contribution in [3.8, 4) is 11.5 Å². The van der Waals surface area contributed by atoms with Gasteiger partial charge in [0.2, 0.25) is 5.91 Å². The van der Waals surface area contributed by atoms with Crippen molar-refractivity contribution in [2.45, 2.75) is 38.5 Å². The highest BCUT2D eigenvalue weighted by molar-refractivity contribution is 5.94. The van der Waals surface area contributed by atoms with Gasteiger partial charge in [-0.15, -0.1) is 0 Å². The summed E-state index contributed by atoms with van der Waals surface area (Å²) in [5.41, 5.74) is 2.91. The van der Waals surface area contributed by atoms with Gasteiger partial charge in [-0.25, -0.2) is 0 Å². The van der Waals surface area contributed by atoms with Gasteiger partial charge in [-0.1, -0.05) is 0 Å². The molecule has 1 amide bonds. The van der Waals surface area contributed by atoms with E-state index in [0.29, 0.717) is 5.92 Å². The van der Waals surface area contributed by atoms with E-state index in [9.17, 15) is 4.79 Å².